The number of H-pyrrole nitrogens is 1. The largest absolute Gasteiger partial charge is 0.494 e. The van der Waals surface area contributed by atoms with Crippen LogP contribution in [0.4, 0.5) is 10.1 Å². The van der Waals surface area contributed by atoms with Gasteiger partial charge in [-0.3, -0.25) is 5.41 Å². The number of amidine groups is 1. The maximum Gasteiger partial charge on any atom is 0.170 e. The molecule has 0 aliphatic carbocycles. The van der Waals surface area contributed by atoms with Crippen LogP contribution in [0.5, 0.6) is 5.75 Å². The van der Waals surface area contributed by atoms with Crippen molar-refractivity contribution in [2.24, 2.45) is 5.73 Å². The van der Waals surface area contributed by atoms with E-state index in [2.05, 4.69) is 15.3 Å². The predicted molar refractivity (Wildman–Crippen MR) is 129 cm³/mol. The Kier molecular flexibility index (Phi) is 6.40. The predicted octanol–water partition coefficient (Wildman–Crippen LogP) is 5.27. The van der Waals surface area contributed by atoms with Gasteiger partial charge >= 0.3 is 0 Å². The summed E-state index contributed by atoms with van der Waals surface area (Å²) in [6.07, 6.45) is 2.48. The van der Waals surface area contributed by atoms with Crippen molar-refractivity contribution >= 4 is 11.5 Å². The fourth-order valence-corrected chi connectivity index (χ4v) is 3.70. The minimum absolute atomic E-state index is 0.0111. The molecule has 0 saturated heterocycles. The number of nitrogen functional groups attached to an aromatic ring is 1. The SMILES string of the molecule is CCc1cc(OC)c(F)c(C(Nc2ccc(C(=N)N)cc2)c2ncc(-c3ccccc3)[nH]2)c1. The topological polar surface area (TPSA) is 99.8 Å². The number of aromatic amines is 1. The summed E-state index contributed by atoms with van der Waals surface area (Å²) in [6, 6.07) is 19.9. The summed E-state index contributed by atoms with van der Waals surface area (Å²) in [4.78, 5) is 7.93. The third kappa shape index (κ3) is 4.72. The summed E-state index contributed by atoms with van der Waals surface area (Å²) in [5.41, 5.74) is 10.1. The van der Waals surface area contributed by atoms with Gasteiger partial charge in [-0.05, 0) is 47.9 Å². The maximum absolute atomic E-state index is 15.5. The first-order valence-corrected chi connectivity index (χ1v) is 10.7. The lowest BCUT2D eigenvalue weighted by molar-refractivity contribution is 0.383. The molecule has 33 heavy (non-hydrogen) atoms. The van der Waals surface area contributed by atoms with Gasteiger partial charge in [0.2, 0.25) is 0 Å². The van der Waals surface area contributed by atoms with Crippen molar-refractivity contribution in [2.45, 2.75) is 19.4 Å². The second-order valence-electron chi connectivity index (χ2n) is 7.67. The summed E-state index contributed by atoms with van der Waals surface area (Å²) in [6.45, 7) is 2.01. The first kappa shape index (κ1) is 22.1. The van der Waals surface area contributed by atoms with E-state index in [0.717, 1.165) is 28.9 Å². The van der Waals surface area contributed by atoms with E-state index < -0.39 is 11.9 Å². The van der Waals surface area contributed by atoms with Crippen molar-refractivity contribution < 1.29 is 9.13 Å². The first-order valence-electron chi connectivity index (χ1n) is 10.7. The summed E-state index contributed by atoms with van der Waals surface area (Å²) < 4.78 is 20.8. The third-order valence-corrected chi connectivity index (χ3v) is 5.53. The van der Waals surface area contributed by atoms with Crippen LogP contribution in [-0.2, 0) is 6.42 Å². The highest BCUT2D eigenvalue weighted by atomic mass is 19.1. The van der Waals surface area contributed by atoms with E-state index in [0.29, 0.717) is 17.0 Å². The smallest absolute Gasteiger partial charge is 0.170 e. The molecule has 0 amide bonds. The molecule has 0 fully saturated rings. The number of nitrogens with two attached hydrogens (primary N) is 1. The van der Waals surface area contributed by atoms with E-state index in [9.17, 15) is 0 Å². The Bertz CT molecular complexity index is 1250. The molecule has 1 unspecified atom stereocenters. The number of nitrogens with one attached hydrogen (secondary N) is 3. The number of aryl methyl sites for hydroxylation is 1. The van der Waals surface area contributed by atoms with Crippen LogP contribution in [0.2, 0.25) is 0 Å². The van der Waals surface area contributed by atoms with Gasteiger partial charge in [0.15, 0.2) is 11.6 Å². The average Bonchev–Trinajstić information content (AvgIpc) is 3.34. The molecular weight excluding hydrogens is 417 g/mol. The van der Waals surface area contributed by atoms with E-state index in [4.69, 9.17) is 15.9 Å². The Balaban J connectivity index is 1.79. The lowest BCUT2D eigenvalue weighted by Gasteiger charge is -2.21. The van der Waals surface area contributed by atoms with Gasteiger partial charge in [0.1, 0.15) is 17.7 Å². The molecule has 0 aliphatic heterocycles. The van der Waals surface area contributed by atoms with E-state index in [-0.39, 0.29) is 11.6 Å². The molecule has 5 N–H and O–H groups in total. The number of anilines is 1. The van der Waals surface area contributed by atoms with Crippen molar-refractivity contribution in [3.05, 3.63) is 101 Å². The monoisotopic (exact) mass is 443 g/mol. The molecule has 7 heteroatoms. The van der Waals surface area contributed by atoms with Gasteiger partial charge in [-0.1, -0.05) is 43.3 Å². The molecule has 0 aliphatic rings. The molecule has 168 valence electrons. The molecule has 0 radical (unpaired) electrons. The van der Waals surface area contributed by atoms with Gasteiger partial charge in [0.05, 0.1) is 19.0 Å². The molecule has 4 rings (SSSR count). The van der Waals surface area contributed by atoms with E-state index in [1.807, 2.05) is 55.5 Å². The van der Waals surface area contributed by atoms with Gasteiger partial charge in [-0.15, -0.1) is 0 Å². The van der Waals surface area contributed by atoms with Crippen molar-refractivity contribution in [3.8, 4) is 17.0 Å². The van der Waals surface area contributed by atoms with Crippen LogP contribution in [0, 0.1) is 11.2 Å². The number of imidazole rings is 1. The normalized spacial score (nSPS) is 11.7. The Morgan fingerprint density at radius 3 is 2.52 bits per heavy atom. The second-order valence-corrected chi connectivity index (χ2v) is 7.67. The van der Waals surface area contributed by atoms with Crippen molar-refractivity contribution in [3.63, 3.8) is 0 Å². The number of aromatic nitrogens is 2. The second kappa shape index (κ2) is 9.56. The van der Waals surface area contributed by atoms with Gasteiger partial charge in [0.25, 0.3) is 0 Å². The molecule has 1 aromatic heterocycles. The standard InChI is InChI=1S/C26H26FN5O/c1-3-16-13-20(23(27)22(14-16)33-2)24(31-19-11-9-18(10-12-19)25(28)29)26-30-15-21(32-26)17-7-5-4-6-8-17/h4-15,24,31H,3H2,1-2H3,(H3,28,29)(H,30,32). The third-order valence-electron chi connectivity index (χ3n) is 5.53. The summed E-state index contributed by atoms with van der Waals surface area (Å²) in [5.74, 6) is 0.310. The van der Waals surface area contributed by atoms with Gasteiger partial charge < -0.3 is 20.8 Å². The fraction of sp³-hybridized carbons (Fsp3) is 0.154. The Morgan fingerprint density at radius 2 is 1.88 bits per heavy atom. The highest BCUT2D eigenvalue weighted by molar-refractivity contribution is 5.95. The van der Waals surface area contributed by atoms with Crippen LogP contribution >= 0.6 is 0 Å². The molecule has 1 heterocycles. The Hall–Kier alpha value is -4.13. The van der Waals surface area contributed by atoms with Crippen LogP contribution in [0.15, 0.2) is 72.9 Å². The van der Waals surface area contributed by atoms with Gasteiger partial charge in [-0.25, -0.2) is 9.37 Å². The highest BCUT2D eigenvalue weighted by Crippen LogP contribution is 2.33. The number of nitrogens with zero attached hydrogens (tertiary/aromatic N) is 1. The Morgan fingerprint density at radius 1 is 1.15 bits per heavy atom. The minimum atomic E-state index is -0.606. The molecule has 6 nitrogen and oxygen atoms in total. The van der Waals surface area contributed by atoms with Crippen LogP contribution < -0.4 is 15.8 Å². The molecule has 0 spiro atoms. The lowest BCUT2D eigenvalue weighted by atomic mass is 10.00. The Labute approximate surface area is 192 Å². The van der Waals surface area contributed by atoms with Crippen molar-refractivity contribution in [1.29, 1.82) is 5.41 Å². The molecule has 3 aromatic carbocycles. The number of hydrogen-bond donors (Lipinski definition) is 4. The average molecular weight is 444 g/mol. The van der Waals surface area contributed by atoms with Gasteiger partial charge in [-0.2, -0.15) is 0 Å². The summed E-state index contributed by atoms with van der Waals surface area (Å²) >= 11 is 0. The molecule has 1 atom stereocenters. The van der Waals surface area contributed by atoms with E-state index >= 15 is 4.39 Å². The van der Waals surface area contributed by atoms with Crippen LogP contribution in [0.3, 0.4) is 0 Å². The highest BCUT2D eigenvalue weighted by Gasteiger charge is 2.24. The van der Waals surface area contributed by atoms with Gasteiger partial charge in [0, 0.05) is 16.8 Å². The summed E-state index contributed by atoms with van der Waals surface area (Å²) in [5, 5.41) is 11.0. The number of hydrogen-bond acceptors (Lipinski definition) is 4. The number of methoxy groups -OCH3 is 1. The molecular formula is C26H26FN5O. The number of ether oxygens (including phenoxy) is 1. The van der Waals surface area contributed by atoms with E-state index in [1.54, 1.807) is 24.4 Å². The first-order chi connectivity index (χ1) is 16.0. The zero-order chi connectivity index (χ0) is 23.4. The van der Waals surface area contributed by atoms with Crippen molar-refractivity contribution in [1.82, 2.24) is 9.97 Å². The maximum atomic E-state index is 15.5. The molecule has 0 saturated carbocycles. The van der Waals surface area contributed by atoms with Crippen molar-refractivity contribution in [2.75, 3.05) is 12.4 Å². The quantitative estimate of drug-likeness (QED) is 0.220. The zero-order valence-electron chi connectivity index (χ0n) is 18.5. The fourth-order valence-electron chi connectivity index (χ4n) is 3.70. The number of rotatable bonds is 8. The molecule has 4 aromatic rings. The minimum Gasteiger partial charge on any atom is -0.494 e. The number of benzene rings is 3. The van der Waals surface area contributed by atoms with Crippen LogP contribution in [0.1, 0.15) is 35.5 Å². The van der Waals surface area contributed by atoms with Crippen LogP contribution in [0.25, 0.3) is 11.3 Å². The zero-order valence-corrected chi connectivity index (χ0v) is 18.5. The van der Waals surface area contributed by atoms with Crippen LogP contribution in [-0.4, -0.2) is 22.9 Å². The van der Waals surface area contributed by atoms with E-state index in [1.165, 1.54) is 7.11 Å². The summed E-state index contributed by atoms with van der Waals surface area (Å²) in [7, 11) is 1.46. The number of halogens is 1. The lowest BCUT2D eigenvalue weighted by Crippen LogP contribution is -2.17. The molecule has 0 bridgehead atoms.